The summed E-state index contributed by atoms with van der Waals surface area (Å²) in [4.78, 5) is 18.7. The molecular weight excluding hydrogens is 370 g/mol. The van der Waals surface area contributed by atoms with Crippen molar-refractivity contribution in [2.75, 3.05) is 26.3 Å². The van der Waals surface area contributed by atoms with Gasteiger partial charge in [-0.05, 0) is 63.5 Å². The summed E-state index contributed by atoms with van der Waals surface area (Å²) in [5.41, 5.74) is 0.647. The van der Waals surface area contributed by atoms with E-state index < -0.39 is 0 Å². The first-order chi connectivity index (χ1) is 12.7. The number of ether oxygens (including phenoxy) is 2. The van der Waals surface area contributed by atoms with Gasteiger partial charge in [0.2, 0.25) is 11.7 Å². The number of hydrogen-bond donors (Lipinski definition) is 0. The molecule has 146 valence electrons. The Bertz CT molecular complexity index is 770. The van der Waals surface area contributed by atoms with Crippen LogP contribution in [0.2, 0.25) is 0 Å². The van der Waals surface area contributed by atoms with E-state index in [1.54, 1.807) is 0 Å². The molecule has 0 N–H and O–H groups in total. The van der Waals surface area contributed by atoms with Gasteiger partial charge in [-0.25, -0.2) is 0 Å². The molecule has 0 unspecified atom stereocenters. The second kappa shape index (κ2) is 8.27. The number of likely N-dealkylation sites (tertiary alicyclic amines) is 1. The van der Waals surface area contributed by atoms with Crippen molar-refractivity contribution < 1.29 is 18.8 Å². The fraction of sp³-hybridized carbons (Fsp3) is 0.526. The molecule has 0 aliphatic carbocycles. The molecule has 4 rings (SSSR count). The van der Waals surface area contributed by atoms with Gasteiger partial charge in [0.1, 0.15) is 5.75 Å². The minimum Gasteiger partial charge on any atom is -0.494 e. The summed E-state index contributed by atoms with van der Waals surface area (Å²) in [6, 6.07) is 7.66. The van der Waals surface area contributed by atoms with Crippen LogP contribution < -0.4 is 4.74 Å². The van der Waals surface area contributed by atoms with Crippen molar-refractivity contribution in [2.24, 2.45) is 5.41 Å². The van der Waals surface area contributed by atoms with Crippen LogP contribution in [0.3, 0.4) is 0 Å². The topological polar surface area (TPSA) is 77.7 Å². The Morgan fingerprint density at radius 1 is 1.19 bits per heavy atom. The van der Waals surface area contributed by atoms with Crippen molar-refractivity contribution in [1.82, 2.24) is 15.0 Å². The summed E-state index contributed by atoms with van der Waals surface area (Å²) in [6.45, 7) is 5.45. The smallest absolute Gasteiger partial charge is 0.312 e. The minimum atomic E-state index is -0.251. The van der Waals surface area contributed by atoms with Crippen LogP contribution in [0.25, 0.3) is 11.4 Å². The van der Waals surface area contributed by atoms with E-state index in [0.717, 1.165) is 43.7 Å². The standard InChI is InChI=1S/C19H23N3O4.ClH/c1-2-24-15-5-3-14(4-6-15)17-20-16(26-21-17)13-22-10-7-19(8-11-22)9-12-25-18(19)23;/h3-6H,2,7-13H2,1H3;1H. The van der Waals surface area contributed by atoms with Crippen molar-refractivity contribution in [1.29, 1.82) is 0 Å². The highest BCUT2D eigenvalue weighted by Gasteiger charge is 2.46. The van der Waals surface area contributed by atoms with E-state index >= 15 is 0 Å². The number of rotatable bonds is 5. The number of carbonyl (C=O) groups is 1. The predicted molar refractivity (Wildman–Crippen MR) is 101 cm³/mol. The molecule has 0 saturated carbocycles. The zero-order valence-electron chi connectivity index (χ0n) is 15.3. The Morgan fingerprint density at radius 3 is 2.56 bits per heavy atom. The van der Waals surface area contributed by atoms with Gasteiger partial charge in [-0.1, -0.05) is 5.16 Å². The third kappa shape index (κ3) is 4.09. The van der Waals surface area contributed by atoms with Crippen molar-refractivity contribution in [3.05, 3.63) is 30.2 Å². The molecule has 2 fully saturated rings. The molecule has 1 aromatic heterocycles. The van der Waals surface area contributed by atoms with Crippen molar-refractivity contribution in [3.63, 3.8) is 0 Å². The van der Waals surface area contributed by atoms with Crippen LogP contribution in [0.15, 0.2) is 28.8 Å². The molecule has 0 radical (unpaired) electrons. The van der Waals surface area contributed by atoms with Gasteiger partial charge < -0.3 is 14.0 Å². The van der Waals surface area contributed by atoms with Gasteiger partial charge in [-0.15, -0.1) is 12.4 Å². The first-order valence-electron chi connectivity index (χ1n) is 9.14. The third-order valence-corrected chi connectivity index (χ3v) is 5.31. The number of aromatic nitrogens is 2. The number of piperidine rings is 1. The average Bonchev–Trinajstić information content (AvgIpc) is 3.26. The van der Waals surface area contributed by atoms with Gasteiger partial charge >= 0.3 is 5.97 Å². The van der Waals surface area contributed by atoms with Gasteiger partial charge in [0.15, 0.2) is 0 Å². The molecule has 2 saturated heterocycles. The molecule has 1 spiro atoms. The second-order valence-electron chi connectivity index (χ2n) is 6.91. The van der Waals surface area contributed by atoms with Crippen LogP contribution in [0.1, 0.15) is 32.1 Å². The molecule has 2 aliphatic rings. The summed E-state index contributed by atoms with van der Waals surface area (Å²) >= 11 is 0. The van der Waals surface area contributed by atoms with Crippen molar-refractivity contribution in [3.8, 4) is 17.1 Å². The Balaban J connectivity index is 0.00000210. The van der Waals surface area contributed by atoms with Gasteiger partial charge in [0.25, 0.3) is 0 Å². The van der Waals surface area contributed by atoms with Crippen LogP contribution in [0.4, 0.5) is 0 Å². The lowest BCUT2D eigenvalue weighted by atomic mass is 9.77. The average molecular weight is 394 g/mol. The highest BCUT2D eigenvalue weighted by Crippen LogP contribution is 2.40. The molecule has 0 atom stereocenters. The SMILES string of the molecule is CCOc1ccc(-c2noc(CN3CCC4(CCOC4=O)CC3)n2)cc1.Cl. The third-order valence-electron chi connectivity index (χ3n) is 5.31. The summed E-state index contributed by atoms with van der Waals surface area (Å²) in [5, 5.41) is 4.08. The number of esters is 1. The highest BCUT2D eigenvalue weighted by atomic mass is 35.5. The van der Waals surface area contributed by atoms with E-state index in [9.17, 15) is 4.79 Å². The van der Waals surface area contributed by atoms with Crippen LogP contribution in [-0.4, -0.2) is 47.3 Å². The van der Waals surface area contributed by atoms with Gasteiger partial charge in [-0.3, -0.25) is 9.69 Å². The fourth-order valence-corrected chi connectivity index (χ4v) is 3.68. The maximum Gasteiger partial charge on any atom is 0.312 e. The zero-order valence-corrected chi connectivity index (χ0v) is 16.2. The molecule has 3 heterocycles. The van der Waals surface area contributed by atoms with Crippen LogP contribution in [0.5, 0.6) is 5.75 Å². The fourth-order valence-electron chi connectivity index (χ4n) is 3.68. The van der Waals surface area contributed by atoms with E-state index in [0.29, 0.717) is 31.5 Å². The number of halogens is 1. The maximum absolute atomic E-state index is 12.0. The Labute approximate surface area is 164 Å². The highest BCUT2D eigenvalue weighted by molar-refractivity contribution is 5.85. The van der Waals surface area contributed by atoms with Gasteiger partial charge in [-0.2, -0.15) is 4.98 Å². The lowest BCUT2D eigenvalue weighted by Gasteiger charge is -2.35. The molecule has 2 aliphatic heterocycles. The van der Waals surface area contributed by atoms with E-state index in [1.807, 2.05) is 31.2 Å². The summed E-state index contributed by atoms with van der Waals surface area (Å²) in [5.74, 6) is 1.98. The predicted octanol–water partition coefficient (Wildman–Crippen LogP) is 3.09. The van der Waals surface area contributed by atoms with E-state index in [2.05, 4.69) is 15.0 Å². The number of cyclic esters (lactones) is 1. The number of hydrogen-bond acceptors (Lipinski definition) is 7. The number of benzene rings is 1. The van der Waals surface area contributed by atoms with E-state index in [1.165, 1.54) is 0 Å². The largest absolute Gasteiger partial charge is 0.494 e. The summed E-state index contributed by atoms with van der Waals surface area (Å²) < 4.78 is 16.0. The van der Waals surface area contributed by atoms with Gasteiger partial charge in [0.05, 0.1) is 25.2 Å². The number of nitrogens with zero attached hydrogens (tertiary/aromatic N) is 3. The van der Waals surface area contributed by atoms with Crippen LogP contribution in [0, 0.1) is 5.41 Å². The Hall–Kier alpha value is -2.12. The second-order valence-corrected chi connectivity index (χ2v) is 6.91. The van der Waals surface area contributed by atoms with Gasteiger partial charge in [0, 0.05) is 5.56 Å². The molecule has 0 amide bonds. The summed E-state index contributed by atoms with van der Waals surface area (Å²) in [7, 11) is 0. The number of carbonyl (C=O) groups excluding carboxylic acids is 1. The first-order valence-corrected chi connectivity index (χ1v) is 9.14. The molecule has 7 nitrogen and oxygen atoms in total. The molecule has 0 bridgehead atoms. The van der Waals surface area contributed by atoms with Crippen LogP contribution in [-0.2, 0) is 16.1 Å². The molecular formula is C19H24ClN3O4. The van der Waals surface area contributed by atoms with Crippen molar-refractivity contribution >= 4 is 18.4 Å². The summed E-state index contributed by atoms with van der Waals surface area (Å²) in [6.07, 6.45) is 2.53. The van der Waals surface area contributed by atoms with E-state index in [-0.39, 0.29) is 23.8 Å². The van der Waals surface area contributed by atoms with E-state index in [4.69, 9.17) is 14.0 Å². The molecule has 8 heteroatoms. The first kappa shape index (κ1) is 19.6. The molecule has 27 heavy (non-hydrogen) atoms. The van der Waals surface area contributed by atoms with Crippen LogP contribution >= 0.6 is 12.4 Å². The monoisotopic (exact) mass is 393 g/mol. The lowest BCUT2D eigenvalue weighted by Crippen LogP contribution is -2.42. The Kier molecular flexibility index (Phi) is 6.01. The maximum atomic E-state index is 12.0. The quantitative estimate of drug-likeness (QED) is 0.722. The zero-order chi connectivity index (χ0) is 18.0. The normalized spacial score (nSPS) is 18.9. The molecule has 1 aromatic carbocycles. The lowest BCUT2D eigenvalue weighted by molar-refractivity contribution is -0.148. The Morgan fingerprint density at radius 2 is 1.93 bits per heavy atom. The minimum absolute atomic E-state index is 0. The van der Waals surface area contributed by atoms with Crippen molar-refractivity contribution in [2.45, 2.75) is 32.7 Å². The molecule has 2 aromatic rings.